The molecule has 2 aromatic carbocycles. The number of hydrogen-bond donors (Lipinski definition) is 4. The predicted octanol–water partition coefficient (Wildman–Crippen LogP) is 1.45. The highest BCUT2D eigenvalue weighted by Crippen LogP contribution is 2.42. The molecule has 2 aliphatic heterocycles. The lowest BCUT2D eigenvalue weighted by Crippen LogP contribution is -2.62. The number of carboxylic acid groups (broad SMARTS) is 2. The predicted molar refractivity (Wildman–Crippen MR) is 132 cm³/mol. The molecule has 0 bridgehead atoms. The molecular formula is C26H27N3O9. The summed E-state index contributed by atoms with van der Waals surface area (Å²) < 4.78 is 11.5. The molecule has 0 unspecified atom stereocenters. The van der Waals surface area contributed by atoms with Crippen LogP contribution in [0.4, 0.5) is 5.69 Å². The van der Waals surface area contributed by atoms with Crippen LogP contribution in [0.3, 0.4) is 0 Å². The number of carbonyl (C=O) groups excluding carboxylic acids is 3. The van der Waals surface area contributed by atoms with E-state index >= 15 is 0 Å². The number of rotatable bonds is 6. The van der Waals surface area contributed by atoms with Gasteiger partial charge in [0.1, 0.15) is 5.54 Å². The third-order valence-corrected chi connectivity index (χ3v) is 6.94. The second-order valence-corrected chi connectivity index (χ2v) is 9.23. The van der Waals surface area contributed by atoms with Crippen molar-refractivity contribution in [3.63, 3.8) is 0 Å². The molecule has 0 saturated carbocycles. The Kier molecular flexibility index (Phi) is 7.24. The van der Waals surface area contributed by atoms with E-state index in [0.29, 0.717) is 29.7 Å². The lowest BCUT2D eigenvalue weighted by molar-refractivity contribution is -0.156. The summed E-state index contributed by atoms with van der Waals surface area (Å²) in [7, 11) is 0. The van der Waals surface area contributed by atoms with Crippen LogP contribution in [0.25, 0.3) is 0 Å². The zero-order valence-electron chi connectivity index (χ0n) is 20.3. The van der Waals surface area contributed by atoms with Gasteiger partial charge in [-0.25, -0.2) is 4.79 Å². The highest BCUT2D eigenvalue weighted by atomic mass is 16.6. The molecule has 1 saturated heterocycles. The van der Waals surface area contributed by atoms with E-state index in [4.69, 9.17) is 20.9 Å². The van der Waals surface area contributed by atoms with Gasteiger partial charge in [0, 0.05) is 12.2 Å². The Hall–Kier alpha value is -4.61. The number of primary amides is 1. The molecule has 200 valence electrons. The van der Waals surface area contributed by atoms with E-state index in [1.165, 1.54) is 18.2 Å². The molecule has 0 radical (unpaired) electrons. The largest absolute Gasteiger partial charge is 0.489 e. The number of nitrogens with zero attached hydrogens (tertiary/aromatic N) is 1. The van der Waals surface area contributed by atoms with E-state index < -0.39 is 47.6 Å². The lowest BCUT2D eigenvalue weighted by Gasteiger charge is -2.39. The number of aryl methyl sites for hydroxylation is 1. The summed E-state index contributed by atoms with van der Waals surface area (Å²) in [6.07, 6.45) is 0.118. The highest BCUT2D eigenvalue weighted by molar-refractivity contribution is 6.04. The number of fused-ring (bicyclic) bond motifs is 2. The minimum Gasteiger partial charge on any atom is -0.489 e. The second-order valence-electron chi connectivity index (χ2n) is 9.23. The number of amides is 2. The average Bonchev–Trinajstić information content (AvgIpc) is 3.31. The first-order valence-corrected chi connectivity index (χ1v) is 12.0. The van der Waals surface area contributed by atoms with Gasteiger partial charge in [-0.05, 0) is 61.6 Å². The van der Waals surface area contributed by atoms with Crippen molar-refractivity contribution >= 4 is 35.4 Å². The fraction of sp³-hybridized carbons (Fsp3) is 0.346. The van der Waals surface area contributed by atoms with Crippen LogP contribution in [0.2, 0.25) is 0 Å². The Morgan fingerprint density at radius 2 is 1.87 bits per heavy atom. The second kappa shape index (κ2) is 10.4. The maximum Gasteiger partial charge on any atom is 0.343 e. The van der Waals surface area contributed by atoms with Gasteiger partial charge in [0.25, 0.3) is 5.91 Å². The minimum atomic E-state index is -2.07. The molecule has 2 atom stereocenters. The standard InChI is InChI=1S/C26H27N3O9/c27-15-7-8-16-14(12-15)4-2-11-37-21-17(5-1-6-19(21)38-24(16)35)22(32)29-10-3-9-26(29,25(28)36)18(23(33)34)13-20(30)31/h1,5-8,12,18H,2-4,9-11,13,27H2,(H2,28,36)(H,30,31)(H,33,34)/t18-,26-/m1/s1. The minimum absolute atomic E-state index is 0.0383. The molecular weight excluding hydrogens is 498 g/mol. The summed E-state index contributed by atoms with van der Waals surface area (Å²) in [5.74, 6) is -7.49. The molecule has 12 nitrogen and oxygen atoms in total. The molecule has 0 aromatic heterocycles. The van der Waals surface area contributed by atoms with Crippen LogP contribution < -0.4 is 20.9 Å². The van der Waals surface area contributed by atoms with Gasteiger partial charge in [-0.15, -0.1) is 0 Å². The fourth-order valence-corrected chi connectivity index (χ4v) is 5.22. The first kappa shape index (κ1) is 26.5. The monoisotopic (exact) mass is 525 g/mol. The number of aliphatic carboxylic acids is 2. The van der Waals surface area contributed by atoms with Gasteiger partial charge >= 0.3 is 17.9 Å². The Morgan fingerprint density at radius 1 is 1.11 bits per heavy atom. The molecule has 0 spiro atoms. The molecule has 2 aromatic rings. The molecule has 38 heavy (non-hydrogen) atoms. The zero-order chi connectivity index (χ0) is 27.6. The first-order valence-electron chi connectivity index (χ1n) is 12.0. The van der Waals surface area contributed by atoms with E-state index in [1.807, 2.05) is 0 Å². The first-order chi connectivity index (χ1) is 18.1. The number of hydrogen-bond acceptors (Lipinski definition) is 8. The van der Waals surface area contributed by atoms with Crippen molar-refractivity contribution in [2.75, 3.05) is 18.9 Å². The summed E-state index contributed by atoms with van der Waals surface area (Å²) >= 11 is 0. The number of likely N-dealkylation sites (tertiary alicyclic amines) is 1. The normalized spacial score (nSPS) is 19.8. The third kappa shape index (κ3) is 4.72. The van der Waals surface area contributed by atoms with Crippen molar-refractivity contribution in [3.05, 3.63) is 53.1 Å². The summed E-state index contributed by atoms with van der Waals surface area (Å²) in [5, 5.41) is 19.1. The van der Waals surface area contributed by atoms with Crippen molar-refractivity contribution in [1.82, 2.24) is 4.90 Å². The topological polar surface area (TPSA) is 200 Å². The highest BCUT2D eigenvalue weighted by Gasteiger charge is 2.57. The van der Waals surface area contributed by atoms with Crippen molar-refractivity contribution in [1.29, 1.82) is 0 Å². The molecule has 12 heteroatoms. The number of anilines is 1. The average molecular weight is 526 g/mol. The van der Waals surface area contributed by atoms with Crippen LogP contribution in [-0.2, 0) is 20.8 Å². The van der Waals surface area contributed by atoms with Crippen molar-refractivity contribution in [3.8, 4) is 11.5 Å². The zero-order valence-corrected chi connectivity index (χ0v) is 20.3. The van der Waals surface area contributed by atoms with Crippen LogP contribution in [-0.4, -0.2) is 63.5 Å². The van der Waals surface area contributed by atoms with Gasteiger partial charge in [0.2, 0.25) is 5.91 Å². The number of nitrogens with two attached hydrogens (primary N) is 2. The van der Waals surface area contributed by atoms with E-state index in [9.17, 15) is 34.2 Å². The number of carbonyl (C=O) groups is 5. The maximum atomic E-state index is 13.9. The smallest absolute Gasteiger partial charge is 0.343 e. The van der Waals surface area contributed by atoms with Crippen LogP contribution in [0.5, 0.6) is 11.5 Å². The van der Waals surface area contributed by atoms with Crippen LogP contribution in [0.1, 0.15) is 52.0 Å². The number of esters is 1. The van der Waals surface area contributed by atoms with Gasteiger partial charge in [-0.1, -0.05) is 6.07 Å². The molecule has 1 fully saturated rings. The van der Waals surface area contributed by atoms with E-state index in [-0.39, 0.29) is 43.1 Å². The van der Waals surface area contributed by atoms with Gasteiger partial charge < -0.3 is 36.1 Å². The van der Waals surface area contributed by atoms with Gasteiger partial charge in [0.15, 0.2) is 11.5 Å². The summed E-state index contributed by atoms with van der Waals surface area (Å²) in [4.78, 5) is 64.1. The number of carboxylic acids is 2. The van der Waals surface area contributed by atoms with E-state index in [2.05, 4.69) is 0 Å². The SMILES string of the molecule is NC(=O)[C@]1([C@H](CC(=O)O)C(=O)O)CCCN1C(=O)c1cccc2c1OCCCc1cc(N)ccc1C(=O)O2. The fourth-order valence-electron chi connectivity index (χ4n) is 5.22. The molecule has 0 aliphatic carbocycles. The molecule has 2 heterocycles. The summed E-state index contributed by atoms with van der Waals surface area (Å²) in [5.41, 5.74) is 10.9. The molecule has 2 amide bonds. The third-order valence-electron chi connectivity index (χ3n) is 6.94. The molecule has 6 N–H and O–H groups in total. The van der Waals surface area contributed by atoms with Crippen molar-refractivity contribution < 1.29 is 43.7 Å². The maximum absolute atomic E-state index is 13.9. The lowest BCUT2D eigenvalue weighted by atomic mass is 9.78. The van der Waals surface area contributed by atoms with Crippen LogP contribution in [0.15, 0.2) is 36.4 Å². The van der Waals surface area contributed by atoms with Crippen molar-refractivity contribution in [2.45, 2.75) is 37.6 Å². The summed E-state index contributed by atoms with van der Waals surface area (Å²) in [6, 6.07) is 9.11. The van der Waals surface area contributed by atoms with Gasteiger partial charge in [0.05, 0.1) is 30.1 Å². The molecule has 2 aliphatic rings. The van der Waals surface area contributed by atoms with Crippen LogP contribution >= 0.6 is 0 Å². The van der Waals surface area contributed by atoms with Crippen molar-refractivity contribution in [2.24, 2.45) is 11.7 Å². The summed E-state index contributed by atoms with van der Waals surface area (Å²) in [6.45, 7) is 0.101. The Labute approximate surface area is 217 Å². The Morgan fingerprint density at radius 3 is 2.55 bits per heavy atom. The van der Waals surface area contributed by atoms with Gasteiger partial charge in [-0.3, -0.25) is 19.2 Å². The quantitative estimate of drug-likeness (QED) is 0.243. The Balaban J connectivity index is 1.76. The van der Waals surface area contributed by atoms with E-state index in [1.54, 1.807) is 18.2 Å². The Bertz CT molecular complexity index is 1330. The molecule has 4 rings (SSSR count). The van der Waals surface area contributed by atoms with Gasteiger partial charge in [-0.2, -0.15) is 0 Å². The van der Waals surface area contributed by atoms with E-state index in [0.717, 1.165) is 4.90 Å². The number of ether oxygens (including phenoxy) is 2. The number of benzene rings is 2. The number of para-hydroxylation sites is 1. The number of nitrogen functional groups attached to an aromatic ring is 1. The van der Waals surface area contributed by atoms with Crippen LogP contribution in [0, 0.1) is 5.92 Å².